The summed E-state index contributed by atoms with van der Waals surface area (Å²) in [6.45, 7) is 4.20. The molecule has 7 heteroatoms. The lowest BCUT2D eigenvalue weighted by atomic mass is 10.1. The minimum atomic E-state index is 0.00256. The molecule has 1 amide bonds. The molecule has 0 aliphatic heterocycles. The van der Waals surface area contributed by atoms with Gasteiger partial charge in [0.2, 0.25) is 0 Å². The van der Waals surface area contributed by atoms with Crippen LogP contribution in [0.3, 0.4) is 0 Å². The Morgan fingerprint density at radius 2 is 1.90 bits per heavy atom. The van der Waals surface area contributed by atoms with E-state index in [1.807, 2.05) is 48.5 Å². The van der Waals surface area contributed by atoms with Crippen LogP contribution in [0.5, 0.6) is 5.75 Å². The molecule has 0 spiro atoms. The summed E-state index contributed by atoms with van der Waals surface area (Å²) >= 11 is 1.57. The lowest BCUT2D eigenvalue weighted by Gasteiger charge is -2.15. The molecule has 1 saturated carbocycles. The molecule has 0 atom stereocenters. The number of carbonyl (C=O) groups excluding carboxylic acids is 1. The first-order chi connectivity index (χ1) is 14.6. The van der Waals surface area contributed by atoms with Crippen molar-refractivity contribution in [2.75, 3.05) is 7.11 Å². The van der Waals surface area contributed by atoms with Crippen molar-refractivity contribution in [2.45, 2.75) is 49.6 Å². The summed E-state index contributed by atoms with van der Waals surface area (Å²) in [6, 6.07) is 16.0. The molecule has 0 saturated heterocycles. The molecule has 1 aromatic heterocycles. The number of benzene rings is 2. The van der Waals surface area contributed by atoms with Gasteiger partial charge in [-0.1, -0.05) is 55.9 Å². The van der Waals surface area contributed by atoms with Crippen LogP contribution in [0, 0.1) is 0 Å². The molecule has 3 aromatic rings. The number of methoxy groups -OCH3 is 1. The van der Waals surface area contributed by atoms with Gasteiger partial charge >= 0.3 is 0 Å². The molecule has 6 nitrogen and oxygen atoms in total. The van der Waals surface area contributed by atoms with Gasteiger partial charge in [0, 0.05) is 23.3 Å². The first-order valence-electron chi connectivity index (χ1n) is 10.2. The number of rotatable bonds is 8. The molecule has 1 N–H and O–H groups in total. The maximum atomic E-state index is 12.6. The number of nitrogens with zero attached hydrogens (tertiary/aromatic N) is 3. The molecule has 1 fully saturated rings. The predicted molar refractivity (Wildman–Crippen MR) is 118 cm³/mol. The van der Waals surface area contributed by atoms with Gasteiger partial charge in [-0.15, -0.1) is 10.2 Å². The molecule has 1 aliphatic carbocycles. The second-order valence-corrected chi connectivity index (χ2v) is 8.64. The van der Waals surface area contributed by atoms with Crippen molar-refractivity contribution in [2.24, 2.45) is 0 Å². The highest BCUT2D eigenvalue weighted by molar-refractivity contribution is 7.98. The van der Waals surface area contributed by atoms with E-state index < -0.39 is 0 Å². The molecule has 1 heterocycles. The van der Waals surface area contributed by atoms with Crippen molar-refractivity contribution >= 4 is 17.7 Å². The van der Waals surface area contributed by atoms with Gasteiger partial charge in [0.25, 0.3) is 5.91 Å². The fraction of sp³-hybridized carbons (Fsp3) is 0.348. The number of para-hydroxylation sites is 2. The van der Waals surface area contributed by atoms with Crippen LogP contribution in [0.4, 0.5) is 0 Å². The Morgan fingerprint density at radius 1 is 1.17 bits per heavy atom. The summed E-state index contributed by atoms with van der Waals surface area (Å²) < 4.78 is 7.63. The van der Waals surface area contributed by atoms with Gasteiger partial charge in [-0.05, 0) is 36.6 Å². The van der Waals surface area contributed by atoms with Crippen LogP contribution in [0.1, 0.15) is 54.4 Å². The van der Waals surface area contributed by atoms with E-state index in [0.29, 0.717) is 11.8 Å². The van der Waals surface area contributed by atoms with Crippen LogP contribution in [0.25, 0.3) is 5.69 Å². The topological polar surface area (TPSA) is 69.0 Å². The Balaban J connectivity index is 1.63. The number of hydrogen-bond donors (Lipinski definition) is 1. The Kier molecular flexibility index (Phi) is 6.08. The Hall–Kier alpha value is -2.80. The standard InChI is InChI=1S/C23H26N4O2S/c1-15(2)21-25-26-23(27(21)19-10-6-7-11-20(19)29-3)30-14-16-8-4-5-9-18(16)22(28)24-17-12-13-17/h4-11,15,17H,12-14H2,1-3H3,(H,24,28). The fourth-order valence-corrected chi connectivity index (χ4v) is 4.25. The number of hydrogen-bond acceptors (Lipinski definition) is 5. The summed E-state index contributed by atoms with van der Waals surface area (Å²) in [6.07, 6.45) is 2.14. The molecule has 156 valence electrons. The van der Waals surface area contributed by atoms with Crippen molar-refractivity contribution in [3.63, 3.8) is 0 Å². The van der Waals surface area contributed by atoms with E-state index in [9.17, 15) is 4.79 Å². The van der Waals surface area contributed by atoms with Gasteiger partial charge in [-0.3, -0.25) is 9.36 Å². The van der Waals surface area contributed by atoms with E-state index in [-0.39, 0.29) is 11.8 Å². The lowest BCUT2D eigenvalue weighted by molar-refractivity contribution is 0.0950. The maximum absolute atomic E-state index is 12.6. The first-order valence-corrected chi connectivity index (χ1v) is 11.2. The number of nitrogens with one attached hydrogen (secondary N) is 1. The third kappa shape index (κ3) is 4.36. The second kappa shape index (κ2) is 8.92. The summed E-state index contributed by atoms with van der Waals surface area (Å²) in [7, 11) is 1.67. The highest BCUT2D eigenvalue weighted by atomic mass is 32.2. The zero-order valence-corrected chi connectivity index (χ0v) is 18.3. The van der Waals surface area contributed by atoms with Crippen LogP contribution in [-0.4, -0.2) is 33.8 Å². The number of thioether (sulfide) groups is 1. The van der Waals surface area contributed by atoms with Gasteiger partial charge < -0.3 is 10.1 Å². The van der Waals surface area contributed by atoms with Gasteiger partial charge in [0.1, 0.15) is 11.6 Å². The molecule has 0 unspecified atom stereocenters. The fourth-order valence-electron chi connectivity index (χ4n) is 3.29. The molecule has 2 aromatic carbocycles. The second-order valence-electron chi connectivity index (χ2n) is 7.70. The lowest BCUT2D eigenvalue weighted by Crippen LogP contribution is -2.26. The van der Waals surface area contributed by atoms with Crippen molar-refractivity contribution in [3.8, 4) is 11.4 Å². The van der Waals surface area contributed by atoms with Crippen LogP contribution >= 0.6 is 11.8 Å². The van der Waals surface area contributed by atoms with E-state index in [1.54, 1.807) is 18.9 Å². The van der Waals surface area contributed by atoms with Crippen LogP contribution < -0.4 is 10.1 Å². The third-order valence-electron chi connectivity index (χ3n) is 5.03. The molecule has 30 heavy (non-hydrogen) atoms. The minimum Gasteiger partial charge on any atom is -0.495 e. The molecule has 0 bridgehead atoms. The van der Waals surface area contributed by atoms with Crippen molar-refractivity contribution in [3.05, 3.63) is 65.5 Å². The van der Waals surface area contributed by atoms with Crippen LogP contribution in [-0.2, 0) is 5.75 Å². The van der Waals surface area contributed by atoms with Gasteiger partial charge in [0.05, 0.1) is 12.8 Å². The monoisotopic (exact) mass is 422 g/mol. The van der Waals surface area contributed by atoms with Gasteiger partial charge in [-0.25, -0.2) is 0 Å². The molecule has 0 radical (unpaired) electrons. The summed E-state index contributed by atoms with van der Waals surface area (Å²) in [4.78, 5) is 12.6. The largest absolute Gasteiger partial charge is 0.495 e. The predicted octanol–water partition coefficient (Wildman–Crippen LogP) is 4.58. The van der Waals surface area contributed by atoms with Crippen molar-refractivity contribution in [1.29, 1.82) is 0 Å². The number of ether oxygens (including phenoxy) is 1. The smallest absolute Gasteiger partial charge is 0.251 e. The van der Waals surface area contributed by atoms with Gasteiger partial charge in [0.15, 0.2) is 5.16 Å². The van der Waals surface area contributed by atoms with E-state index in [0.717, 1.165) is 46.4 Å². The normalized spacial score (nSPS) is 13.5. The molecule has 4 rings (SSSR count). The van der Waals surface area contributed by atoms with Crippen LogP contribution in [0.15, 0.2) is 53.7 Å². The number of aromatic nitrogens is 3. The van der Waals surface area contributed by atoms with Crippen molar-refractivity contribution < 1.29 is 9.53 Å². The van der Waals surface area contributed by atoms with E-state index in [4.69, 9.17) is 4.74 Å². The van der Waals surface area contributed by atoms with Crippen molar-refractivity contribution in [1.82, 2.24) is 20.1 Å². The average Bonchev–Trinajstić information content (AvgIpc) is 3.47. The first kappa shape index (κ1) is 20.5. The average molecular weight is 423 g/mol. The van der Waals surface area contributed by atoms with E-state index >= 15 is 0 Å². The SMILES string of the molecule is COc1ccccc1-n1c(SCc2ccccc2C(=O)NC2CC2)nnc1C(C)C. The summed E-state index contributed by atoms with van der Waals surface area (Å²) in [5.41, 5.74) is 2.63. The minimum absolute atomic E-state index is 0.00256. The zero-order chi connectivity index (χ0) is 21.1. The Morgan fingerprint density at radius 3 is 2.63 bits per heavy atom. The van der Waals surface area contributed by atoms with Gasteiger partial charge in [-0.2, -0.15) is 0 Å². The number of carbonyl (C=O) groups is 1. The highest BCUT2D eigenvalue weighted by Gasteiger charge is 2.25. The zero-order valence-electron chi connectivity index (χ0n) is 17.5. The maximum Gasteiger partial charge on any atom is 0.251 e. The molecular weight excluding hydrogens is 396 g/mol. The molecular formula is C23H26N4O2S. The quantitative estimate of drug-likeness (QED) is 0.538. The Labute approximate surface area is 181 Å². The summed E-state index contributed by atoms with van der Waals surface area (Å²) in [5.74, 6) is 2.47. The highest BCUT2D eigenvalue weighted by Crippen LogP contribution is 2.32. The van der Waals surface area contributed by atoms with E-state index in [2.05, 4.69) is 33.9 Å². The van der Waals surface area contributed by atoms with E-state index in [1.165, 1.54) is 0 Å². The summed E-state index contributed by atoms with van der Waals surface area (Å²) in [5, 5.41) is 12.8. The van der Waals surface area contributed by atoms with Crippen LogP contribution in [0.2, 0.25) is 0 Å². The Bertz CT molecular complexity index is 1040. The third-order valence-corrected chi connectivity index (χ3v) is 6.01. The number of amides is 1. The molecule has 1 aliphatic rings.